The van der Waals surface area contributed by atoms with Crippen LogP contribution in [0.15, 0.2) is 69.7 Å². The molecular weight excluding hydrogens is 432 g/mol. The fraction of sp³-hybridized carbons (Fsp3) is 0.105. The number of halogens is 1. The predicted octanol–water partition coefficient (Wildman–Crippen LogP) is 3.58. The predicted molar refractivity (Wildman–Crippen MR) is 114 cm³/mol. The number of rotatable bonds is 6. The molecule has 3 aromatic rings. The zero-order valence-electron chi connectivity index (χ0n) is 15.3. The number of hydrogen-bond donors (Lipinski definition) is 2. The third-order valence-corrected chi connectivity index (χ3v) is 6.80. The van der Waals surface area contributed by atoms with Crippen LogP contribution in [-0.4, -0.2) is 30.0 Å². The van der Waals surface area contributed by atoms with Crippen molar-refractivity contribution in [3.63, 3.8) is 0 Å². The summed E-state index contributed by atoms with van der Waals surface area (Å²) in [7, 11) is -3.82. The number of hydrogen-bond acceptors (Lipinski definition) is 7. The number of nitrogens with two attached hydrogens (primary N) is 1. The van der Waals surface area contributed by atoms with Crippen molar-refractivity contribution < 1.29 is 13.2 Å². The molecule has 0 saturated carbocycles. The van der Waals surface area contributed by atoms with E-state index in [2.05, 4.69) is 15.3 Å². The molecule has 0 saturated heterocycles. The van der Waals surface area contributed by atoms with Crippen molar-refractivity contribution in [2.45, 2.75) is 21.9 Å². The number of anilines is 2. The molecule has 3 rings (SSSR count). The maximum atomic E-state index is 12.6. The van der Waals surface area contributed by atoms with Crippen molar-refractivity contribution in [1.29, 1.82) is 0 Å². The number of aromatic nitrogens is 2. The second-order valence-electron chi connectivity index (χ2n) is 6.04. The van der Waals surface area contributed by atoms with Gasteiger partial charge in [-0.1, -0.05) is 47.6 Å². The quantitative estimate of drug-likeness (QED) is 0.437. The van der Waals surface area contributed by atoms with Crippen LogP contribution in [-0.2, 0) is 14.6 Å². The van der Waals surface area contributed by atoms with E-state index < -0.39 is 9.84 Å². The van der Waals surface area contributed by atoms with Crippen molar-refractivity contribution >= 4 is 50.6 Å². The fourth-order valence-electron chi connectivity index (χ4n) is 2.41. The number of aryl methyl sites for hydroxylation is 1. The molecular formula is C19H17ClN4O3S2. The molecule has 0 aliphatic heterocycles. The number of nitrogen functional groups attached to an aromatic ring is 1. The van der Waals surface area contributed by atoms with Gasteiger partial charge in [-0.05, 0) is 36.8 Å². The molecule has 10 heteroatoms. The van der Waals surface area contributed by atoms with Crippen molar-refractivity contribution in [3.05, 3.63) is 65.3 Å². The minimum absolute atomic E-state index is 0.00836. The van der Waals surface area contributed by atoms with Crippen LogP contribution in [0.1, 0.15) is 5.56 Å². The molecule has 0 atom stereocenters. The van der Waals surface area contributed by atoms with Crippen LogP contribution in [0, 0.1) is 6.92 Å². The Labute approximate surface area is 177 Å². The molecule has 0 radical (unpaired) electrons. The van der Waals surface area contributed by atoms with Crippen molar-refractivity contribution in [1.82, 2.24) is 9.97 Å². The van der Waals surface area contributed by atoms with Crippen molar-refractivity contribution in [2.24, 2.45) is 0 Å². The Morgan fingerprint density at radius 3 is 2.59 bits per heavy atom. The maximum absolute atomic E-state index is 12.6. The lowest BCUT2D eigenvalue weighted by Crippen LogP contribution is -2.15. The molecule has 7 nitrogen and oxygen atoms in total. The summed E-state index contributed by atoms with van der Waals surface area (Å²) in [4.78, 5) is 20.1. The van der Waals surface area contributed by atoms with E-state index in [1.165, 1.54) is 12.1 Å². The first-order valence-electron chi connectivity index (χ1n) is 8.39. The Morgan fingerprint density at radius 1 is 1.21 bits per heavy atom. The van der Waals surface area contributed by atoms with Gasteiger partial charge in [0, 0.05) is 0 Å². The topological polar surface area (TPSA) is 115 Å². The Hall–Kier alpha value is -2.62. The highest BCUT2D eigenvalue weighted by Gasteiger charge is 2.22. The molecule has 1 heterocycles. The van der Waals surface area contributed by atoms with Crippen LogP contribution < -0.4 is 11.1 Å². The third kappa shape index (κ3) is 5.06. The lowest BCUT2D eigenvalue weighted by Gasteiger charge is -2.09. The number of nitrogens with zero attached hydrogens (tertiary/aromatic N) is 2. The highest BCUT2D eigenvalue weighted by molar-refractivity contribution is 7.99. The minimum Gasteiger partial charge on any atom is -0.382 e. The van der Waals surface area contributed by atoms with Gasteiger partial charge in [0.2, 0.25) is 15.7 Å². The standard InChI is InChI=1S/C19H17ClN4O3S2/c1-12-7-8-15(14(20)9-12)23-17(25)11-28-19-22-10-16(18(21)24-19)29(26,27)13-5-3-2-4-6-13/h2-10H,11H2,1H3,(H,23,25)(H2,21,22,24). The molecule has 2 aromatic carbocycles. The van der Waals surface area contributed by atoms with E-state index in [1.54, 1.807) is 30.3 Å². The summed E-state index contributed by atoms with van der Waals surface area (Å²) >= 11 is 7.14. The van der Waals surface area contributed by atoms with E-state index in [1.807, 2.05) is 13.0 Å². The first-order chi connectivity index (χ1) is 13.8. The van der Waals surface area contributed by atoms with Crippen molar-refractivity contribution in [2.75, 3.05) is 16.8 Å². The highest BCUT2D eigenvalue weighted by Crippen LogP contribution is 2.26. The van der Waals surface area contributed by atoms with Crippen LogP contribution in [0.2, 0.25) is 5.02 Å². The zero-order valence-corrected chi connectivity index (χ0v) is 17.7. The number of amides is 1. The SMILES string of the molecule is Cc1ccc(NC(=O)CSc2ncc(S(=O)(=O)c3ccccc3)c(N)n2)c(Cl)c1. The average molecular weight is 449 g/mol. The van der Waals surface area contributed by atoms with Gasteiger partial charge in [0.1, 0.15) is 10.7 Å². The summed E-state index contributed by atoms with van der Waals surface area (Å²) in [6.45, 7) is 1.90. The third-order valence-electron chi connectivity index (χ3n) is 3.83. The van der Waals surface area contributed by atoms with Gasteiger partial charge in [-0.3, -0.25) is 4.79 Å². The van der Waals surface area contributed by atoms with E-state index in [0.717, 1.165) is 23.5 Å². The minimum atomic E-state index is -3.82. The smallest absolute Gasteiger partial charge is 0.234 e. The van der Waals surface area contributed by atoms with Gasteiger partial charge in [0.25, 0.3) is 0 Å². The normalized spacial score (nSPS) is 11.2. The maximum Gasteiger partial charge on any atom is 0.234 e. The second-order valence-corrected chi connectivity index (χ2v) is 9.31. The van der Waals surface area contributed by atoms with Crippen LogP contribution >= 0.6 is 23.4 Å². The van der Waals surface area contributed by atoms with Crippen molar-refractivity contribution in [3.8, 4) is 0 Å². The highest BCUT2D eigenvalue weighted by atomic mass is 35.5. The summed E-state index contributed by atoms with van der Waals surface area (Å²) < 4.78 is 25.3. The van der Waals surface area contributed by atoms with Gasteiger partial charge in [-0.15, -0.1) is 0 Å². The zero-order chi connectivity index (χ0) is 21.0. The number of carbonyl (C=O) groups excluding carboxylic acids is 1. The van der Waals surface area contributed by atoms with Crippen LogP contribution in [0.25, 0.3) is 0 Å². The summed E-state index contributed by atoms with van der Waals surface area (Å²) in [5.74, 6) is -0.466. The van der Waals surface area contributed by atoms with Crippen LogP contribution in [0.5, 0.6) is 0 Å². The Bertz CT molecular complexity index is 1160. The van der Waals surface area contributed by atoms with Gasteiger partial charge in [-0.2, -0.15) is 0 Å². The van der Waals surface area contributed by atoms with E-state index >= 15 is 0 Å². The van der Waals surface area contributed by atoms with E-state index in [-0.39, 0.29) is 32.4 Å². The molecule has 0 aliphatic carbocycles. The van der Waals surface area contributed by atoms with Gasteiger partial charge < -0.3 is 11.1 Å². The lowest BCUT2D eigenvalue weighted by atomic mass is 10.2. The molecule has 0 unspecified atom stereocenters. The van der Waals surface area contributed by atoms with Crippen LogP contribution in [0.4, 0.5) is 11.5 Å². The van der Waals surface area contributed by atoms with Gasteiger partial charge >= 0.3 is 0 Å². The summed E-state index contributed by atoms with van der Waals surface area (Å²) in [5, 5.41) is 3.34. The molecule has 0 bridgehead atoms. The largest absolute Gasteiger partial charge is 0.382 e. The monoisotopic (exact) mass is 448 g/mol. The summed E-state index contributed by atoms with van der Waals surface area (Å²) in [5.41, 5.74) is 7.34. The number of thioether (sulfide) groups is 1. The Morgan fingerprint density at radius 2 is 1.93 bits per heavy atom. The van der Waals surface area contributed by atoms with Gasteiger partial charge in [-0.25, -0.2) is 18.4 Å². The Balaban J connectivity index is 1.68. The van der Waals surface area contributed by atoms with E-state index in [4.69, 9.17) is 17.3 Å². The first-order valence-corrected chi connectivity index (χ1v) is 11.2. The number of benzene rings is 2. The molecule has 1 aromatic heterocycles. The second kappa shape index (κ2) is 8.81. The number of carbonyl (C=O) groups is 1. The Kier molecular flexibility index (Phi) is 6.41. The van der Waals surface area contributed by atoms with Gasteiger partial charge in [0.15, 0.2) is 5.16 Å². The molecule has 0 spiro atoms. The van der Waals surface area contributed by atoms with Crippen LogP contribution in [0.3, 0.4) is 0 Å². The van der Waals surface area contributed by atoms with E-state index in [0.29, 0.717) is 10.7 Å². The number of sulfone groups is 1. The molecule has 150 valence electrons. The molecule has 0 aliphatic rings. The van der Waals surface area contributed by atoms with E-state index in [9.17, 15) is 13.2 Å². The molecule has 1 amide bonds. The lowest BCUT2D eigenvalue weighted by molar-refractivity contribution is -0.113. The molecule has 29 heavy (non-hydrogen) atoms. The average Bonchev–Trinajstić information content (AvgIpc) is 2.69. The first kappa shape index (κ1) is 21.1. The fourth-order valence-corrected chi connectivity index (χ4v) is 4.59. The van der Waals surface area contributed by atoms with Gasteiger partial charge in [0.05, 0.1) is 27.6 Å². The summed E-state index contributed by atoms with van der Waals surface area (Å²) in [6, 6.07) is 13.2. The molecule has 0 fully saturated rings. The summed E-state index contributed by atoms with van der Waals surface area (Å²) in [6.07, 6.45) is 1.15. The molecule has 3 N–H and O–H groups in total. The number of nitrogens with one attached hydrogen (secondary N) is 1.